The summed E-state index contributed by atoms with van der Waals surface area (Å²) in [5.74, 6) is 0.264. The lowest BCUT2D eigenvalue weighted by atomic mass is 10.2. The molecule has 0 aliphatic rings. The molecule has 0 aromatic heterocycles. The highest BCUT2D eigenvalue weighted by Crippen LogP contribution is 2.54. The number of thiocarbonyl (C=S) groups is 1. The molecule has 2 aromatic rings. The van der Waals surface area contributed by atoms with E-state index in [0.29, 0.717) is 17.9 Å². The molecule has 0 heterocycles. The molecule has 132 valence electrons. The van der Waals surface area contributed by atoms with Crippen molar-refractivity contribution >= 4 is 25.0 Å². The third kappa shape index (κ3) is 6.13. The fourth-order valence-corrected chi connectivity index (χ4v) is 4.34. The molecule has 0 saturated carbocycles. The number of isothiocyanates is 1. The summed E-state index contributed by atoms with van der Waals surface area (Å²) >= 11 is 4.76. The Balaban J connectivity index is 2.31. The molecule has 0 bridgehead atoms. The highest BCUT2D eigenvalue weighted by atomic mass is 32.1. The van der Waals surface area contributed by atoms with Gasteiger partial charge in [-0.25, -0.2) is 9.56 Å². The number of aliphatic imine (C=N–C) groups is 1. The standard InChI is InChI=1S/C19H22NO3PS/c1-2-3-6-15-19(20-16-25)24(21,22-17-11-7-4-8-12-17)23-18-13-9-5-10-14-18/h4-5,7-14,19H,2-3,6,15H2,1H3. The van der Waals surface area contributed by atoms with Crippen molar-refractivity contribution in [2.45, 2.75) is 38.4 Å². The maximum Gasteiger partial charge on any atom is 0.455 e. The summed E-state index contributed by atoms with van der Waals surface area (Å²) in [6.45, 7) is 2.11. The number of benzene rings is 2. The van der Waals surface area contributed by atoms with Gasteiger partial charge < -0.3 is 9.05 Å². The van der Waals surface area contributed by atoms with Crippen molar-refractivity contribution in [1.29, 1.82) is 0 Å². The van der Waals surface area contributed by atoms with Gasteiger partial charge in [0.05, 0.1) is 5.16 Å². The van der Waals surface area contributed by atoms with Crippen LogP contribution >= 0.6 is 19.8 Å². The second-order valence-electron chi connectivity index (χ2n) is 5.55. The van der Waals surface area contributed by atoms with Crippen LogP contribution in [-0.4, -0.2) is 10.9 Å². The number of unbranched alkanes of at least 4 members (excludes halogenated alkanes) is 2. The van der Waals surface area contributed by atoms with Crippen molar-refractivity contribution < 1.29 is 13.6 Å². The normalized spacial score (nSPS) is 12.0. The fraction of sp³-hybridized carbons (Fsp3) is 0.316. The Morgan fingerprint density at radius 2 is 1.52 bits per heavy atom. The second kappa shape index (κ2) is 10.1. The smallest absolute Gasteiger partial charge is 0.415 e. The lowest BCUT2D eigenvalue weighted by Gasteiger charge is -2.24. The van der Waals surface area contributed by atoms with Gasteiger partial charge in [0.15, 0.2) is 5.78 Å². The van der Waals surface area contributed by atoms with E-state index in [1.54, 1.807) is 24.3 Å². The van der Waals surface area contributed by atoms with E-state index in [2.05, 4.69) is 17.1 Å². The van der Waals surface area contributed by atoms with E-state index in [1.807, 2.05) is 36.4 Å². The molecule has 0 amide bonds. The highest BCUT2D eigenvalue weighted by molar-refractivity contribution is 7.78. The van der Waals surface area contributed by atoms with Gasteiger partial charge >= 0.3 is 7.60 Å². The van der Waals surface area contributed by atoms with Gasteiger partial charge in [-0.1, -0.05) is 62.6 Å². The average Bonchev–Trinajstić information content (AvgIpc) is 2.63. The number of nitrogens with zero attached hydrogens (tertiary/aromatic N) is 1. The first kappa shape index (κ1) is 19.4. The van der Waals surface area contributed by atoms with Crippen molar-refractivity contribution in [1.82, 2.24) is 0 Å². The molecule has 0 fully saturated rings. The van der Waals surface area contributed by atoms with Gasteiger partial charge in [0.25, 0.3) is 0 Å². The molecule has 0 N–H and O–H groups in total. The minimum Gasteiger partial charge on any atom is -0.415 e. The Bertz CT molecular complexity index is 687. The van der Waals surface area contributed by atoms with Gasteiger partial charge in [0.1, 0.15) is 11.5 Å². The predicted octanol–water partition coefficient (Wildman–Crippen LogP) is 6.35. The molecule has 1 atom stereocenters. The molecule has 0 saturated heterocycles. The SMILES string of the molecule is CCCCCC(N=C=S)P(=O)(Oc1ccccc1)Oc1ccccc1. The zero-order valence-electron chi connectivity index (χ0n) is 14.2. The van der Waals surface area contributed by atoms with Gasteiger partial charge in [-0.15, -0.1) is 0 Å². The molecular weight excluding hydrogens is 353 g/mol. The van der Waals surface area contributed by atoms with E-state index < -0.39 is 13.4 Å². The molecule has 6 heteroatoms. The fourth-order valence-electron chi connectivity index (χ4n) is 2.33. The van der Waals surface area contributed by atoms with Crippen LogP contribution in [0.2, 0.25) is 0 Å². The maximum absolute atomic E-state index is 13.6. The summed E-state index contributed by atoms with van der Waals surface area (Å²) in [7, 11) is -3.63. The minimum atomic E-state index is -3.63. The van der Waals surface area contributed by atoms with Gasteiger partial charge in [-0.05, 0) is 42.9 Å². The molecule has 4 nitrogen and oxygen atoms in total. The van der Waals surface area contributed by atoms with E-state index in [1.165, 1.54) is 0 Å². The van der Waals surface area contributed by atoms with Crippen LogP contribution in [0.4, 0.5) is 0 Å². The Morgan fingerprint density at radius 3 is 1.96 bits per heavy atom. The minimum absolute atomic E-state index is 0.474. The van der Waals surface area contributed by atoms with Crippen molar-refractivity contribution in [3.8, 4) is 11.5 Å². The third-order valence-electron chi connectivity index (χ3n) is 3.58. The predicted molar refractivity (Wildman–Crippen MR) is 105 cm³/mol. The molecule has 2 rings (SSSR count). The van der Waals surface area contributed by atoms with Crippen molar-refractivity contribution in [2.75, 3.05) is 0 Å². The number of hydrogen-bond acceptors (Lipinski definition) is 5. The Labute approximate surface area is 154 Å². The van der Waals surface area contributed by atoms with E-state index in [0.717, 1.165) is 19.3 Å². The van der Waals surface area contributed by atoms with E-state index in [9.17, 15) is 4.57 Å². The monoisotopic (exact) mass is 375 g/mol. The highest BCUT2D eigenvalue weighted by Gasteiger charge is 2.39. The van der Waals surface area contributed by atoms with Crippen LogP contribution in [-0.2, 0) is 4.57 Å². The van der Waals surface area contributed by atoms with Gasteiger partial charge in [0, 0.05) is 0 Å². The Morgan fingerprint density at radius 1 is 1.00 bits per heavy atom. The van der Waals surface area contributed by atoms with Crippen molar-refractivity contribution in [3.63, 3.8) is 0 Å². The van der Waals surface area contributed by atoms with Gasteiger partial charge in [0.2, 0.25) is 0 Å². The molecule has 0 spiro atoms. The molecule has 0 aliphatic heterocycles. The summed E-state index contributed by atoms with van der Waals surface area (Å²) in [6, 6.07) is 18.0. The first-order chi connectivity index (χ1) is 12.2. The van der Waals surface area contributed by atoms with Crippen LogP contribution in [0, 0.1) is 0 Å². The molecule has 0 aliphatic carbocycles. The van der Waals surface area contributed by atoms with E-state index in [4.69, 9.17) is 21.3 Å². The van der Waals surface area contributed by atoms with E-state index >= 15 is 0 Å². The van der Waals surface area contributed by atoms with Crippen molar-refractivity contribution in [2.24, 2.45) is 4.99 Å². The summed E-state index contributed by atoms with van der Waals surface area (Å²) < 4.78 is 25.2. The average molecular weight is 375 g/mol. The molecule has 1 unspecified atom stereocenters. The zero-order valence-corrected chi connectivity index (χ0v) is 15.9. The molecular formula is C19H22NO3PS. The topological polar surface area (TPSA) is 47.9 Å². The lowest BCUT2D eigenvalue weighted by molar-refractivity contribution is 0.367. The Hall–Kier alpha value is -1.93. The van der Waals surface area contributed by atoms with Crippen LogP contribution < -0.4 is 9.05 Å². The third-order valence-corrected chi connectivity index (χ3v) is 5.72. The van der Waals surface area contributed by atoms with Crippen LogP contribution in [0.3, 0.4) is 0 Å². The molecule has 25 heavy (non-hydrogen) atoms. The summed E-state index contributed by atoms with van der Waals surface area (Å²) in [6.07, 6.45) is 3.49. The quantitative estimate of drug-likeness (QED) is 0.210. The van der Waals surface area contributed by atoms with Gasteiger partial charge in [-0.2, -0.15) is 0 Å². The largest absolute Gasteiger partial charge is 0.455 e. The lowest BCUT2D eigenvalue weighted by Crippen LogP contribution is -2.15. The van der Waals surface area contributed by atoms with E-state index in [-0.39, 0.29) is 0 Å². The number of para-hydroxylation sites is 2. The van der Waals surface area contributed by atoms with Crippen LogP contribution in [0.15, 0.2) is 65.7 Å². The van der Waals surface area contributed by atoms with Crippen molar-refractivity contribution in [3.05, 3.63) is 60.7 Å². The van der Waals surface area contributed by atoms with Crippen LogP contribution in [0.5, 0.6) is 11.5 Å². The zero-order chi connectivity index (χ0) is 18.0. The Kier molecular flexibility index (Phi) is 7.87. The number of hydrogen-bond donors (Lipinski definition) is 0. The summed E-state index contributed by atoms with van der Waals surface area (Å²) in [5.41, 5.74) is 0. The first-order valence-electron chi connectivity index (χ1n) is 8.34. The number of rotatable bonds is 10. The van der Waals surface area contributed by atoms with Gasteiger partial charge in [-0.3, -0.25) is 0 Å². The molecule has 2 aromatic carbocycles. The van der Waals surface area contributed by atoms with Crippen LogP contribution in [0.25, 0.3) is 0 Å². The summed E-state index contributed by atoms with van der Waals surface area (Å²) in [5, 5.41) is 2.35. The van der Waals surface area contributed by atoms with Crippen LogP contribution in [0.1, 0.15) is 32.6 Å². The maximum atomic E-state index is 13.6. The summed E-state index contributed by atoms with van der Waals surface area (Å²) in [4.78, 5) is 4.11. The first-order valence-corrected chi connectivity index (χ1v) is 10.4. The molecule has 0 radical (unpaired) electrons. The second-order valence-corrected chi connectivity index (χ2v) is 7.77.